The second-order valence-electron chi connectivity index (χ2n) is 8.30. The van der Waals surface area contributed by atoms with Gasteiger partial charge in [0.15, 0.2) is 0 Å². The van der Waals surface area contributed by atoms with Crippen LogP contribution < -0.4 is 11.1 Å². The van der Waals surface area contributed by atoms with Crippen LogP contribution in [0.25, 0.3) is 0 Å². The van der Waals surface area contributed by atoms with Gasteiger partial charge in [-0.25, -0.2) is 0 Å². The highest BCUT2D eigenvalue weighted by Crippen LogP contribution is 2.28. The smallest absolute Gasteiger partial charge is 0.234 e. The number of carbonyl (C=O) groups is 2. The van der Waals surface area contributed by atoms with Crippen molar-refractivity contribution in [2.24, 2.45) is 17.1 Å². The van der Waals surface area contributed by atoms with E-state index in [0.29, 0.717) is 38.1 Å². The summed E-state index contributed by atoms with van der Waals surface area (Å²) in [7, 11) is 0. The average molecular weight is 367 g/mol. The molecule has 0 spiro atoms. The van der Waals surface area contributed by atoms with Gasteiger partial charge in [0, 0.05) is 38.8 Å². The minimum atomic E-state index is -0.419. The van der Waals surface area contributed by atoms with Crippen LogP contribution in [0.15, 0.2) is 0 Å². The molecule has 1 saturated carbocycles. The molecule has 26 heavy (non-hydrogen) atoms. The Balaban J connectivity index is 1.77. The van der Waals surface area contributed by atoms with E-state index in [-0.39, 0.29) is 11.8 Å². The Labute approximate surface area is 158 Å². The average Bonchev–Trinajstić information content (AvgIpc) is 2.64. The Morgan fingerprint density at radius 1 is 1.12 bits per heavy atom. The van der Waals surface area contributed by atoms with Crippen LogP contribution in [0, 0.1) is 11.3 Å². The van der Waals surface area contributed by atoms with Crippen LogP contribution in [0.3, 0.4) is 0 Å². The zero-order valence-electron chi connectivity index (χ0n) is 16.9. The molecule has 1 aliphatic carbocycles. The summed E-state index contributed by atoms with van der Waals surface area (Å²) in [6.45, 7) is 10.1. The van der Waals surface area contributed by atoms with E-state index in [4.69, 9.17) is 5.73 Å². The molecule has 0 aromatic heterocycles. The molecule has 3 N–H and O–H groups in total. The summed E-state index contributed by atoms with van der Waals surface area (Å²) in [6, 6.07) is 0.341. The van der Waals surface area contributed by atoms with Gasteiger partial charge >= 0.3 is 0 Å². The van der Waals surface area contributed by atoms with Gasteiger partial charge in [-0.1, -0.05) is 33.6 Å². The molecule has 2 fully saturated rings. The fourth-order valence-electron chi connectivity index (χ4n) is 4.41. The van der Waals surface area contributed by atoms with Gasteiger partial charge in [0.25, 0.3) is 0 Å². The van der Waals surface area contributed by atoms with E-state index < -0.39 is 5.41 Å². The zero-order chi connectivity index (χ0) is 19.2. The minimum Gasteiger partial charge on any atom is -0.352 e. The first-order chi connectivity index (χ1) is 12.4. The lowest BCUT2D eigenvalue weighted by Gasteiger charge is -2.40. The van der Waals surface area contributed by atoms with Crippen molar-refractivity contribution >= 4 is 11.8 Å². The zero-order valence-corrected chi connectivity index (χ0v) is 16.9. The van der Waals surface area contributed by atoms with E-state index in [1.807, 2.05) is 18.7 Å². The van der Waals surface area contributed by atoms with Crippen molar-refractivity contribution in [3.8, 4) is 0 Å². The maximum Gasteiger partial charge on any atom is 0.234 e. The number of hydrogen-bond acceptors (Lipinski definition) is 4. The van der Waals surface area contributed by atoms with Gasteiger partial charge < -0.3 is 16.0 Å². The molecule has 2 amide bonds. The number of hydrogen-bond donors (Lipinski definition) is 2. The largest absolute Gasteiger partial charge is 0.352 e. The maximum atomic E-state index is 12.9. The maximum absolute atomic E-state index is 12.9. The molecular formula is C20H38N4O2. The van der Waals surface area contributed by atoms with Crippen molar-refractivity contribution in [3.05, 3.63) is 0 Å². The molecule has 0 aromatic carbocycles. The Hall–Kier alpha value is -1.14. The van der Waals surface area contributed by atoms with Gasteiger partial charge in [-0.2, -0.15) is 0 Å². The van der Waals surface area contributed by atoms with Crippen LogP contribution in [-0.2, 0) is 9.59 Å². The lowest BCUT2D eigenvalue weighted by Crippen LogP contribution is -2.56. The molecule has 1 heterocycles. The third-order valence-electron chi connectivity index (χ3n) is 6.53. The number of nitrogens with zero attached hydrogens (tertiary/aromatic N) is 2. The van der Waals surface area contributed by atoms with Gasteiger partial charge in [-0.15, -0.1) is 0 Å². The van der Waals surface area contributed by atoms with Gasteiger partial charge in [-0.05, 0) is 31.6 Å². The Bertz CT molecular complexity index is 462. The summed E-state index contributed by atoms with van der Waals surface area (Å²) in [5.41, 5.74) is 5.50. The van der Waals surface area contributed by atoms with Crippen LogP contribution in [-0.4, -0.2) is 66.9 Å². The third kappa shape index (κ3) is 5.19. The summed E-state index contributed by atoms with van der Waals surface area (Å²) in [4.78, 5) is 29.3. The molecule has 0 bridgehead atoms. The first-order valence-corrected chi connectivity index (χ1v) is 10.4. The van der Waals surface area contributed by atoms with E-state index in [0.717, 1.165) is 38.8 Å². The highest BCUT2D eigenvalue weighted by atomic mass is 16.2. The second kappa shape index (κ2) is 9.70. The number of rotatable bonds is 7. The number of carbonyl (C=O) groups excluding carboxylic acids is 2. The van der Waals surface area contributed by atoms with Crippen molar-refractivity contribution in [2.45, 2.75) is 65.3 Å². The quantitative estimate of drug-likeness (QED) is 0.717. The van der Waals surface area contributed by atoms with E-state index in [1.54, 1.807) is 0 Å². The molecule has 150 valence electrons. The lowest BCUT2D eigenvalue weighted by atomic mass is 9.81. The first-order valence-electron chi connectivity index (χ1n) is 10.4. The normalized spacial score (nSPS) is 25.2. The number of amides is 2. The second-order valence-corrected chi connectivity index (χ2v) is 8.30. The molecular weight excluding hydrogens is 328 g/mol. The van der Waals surface area contributed by atoms with E-state index in [9.17, 15) is 9.59 Å². The molecule has 1 saturated heterocycles. The van der Waals surface area contributed by atoms with Gasteiger partial charge in [-0.3, -0.25) is 14.5 Å². The molecule has 6 nitrogen and oxygen atoms in total. The Kier molecular flexibility index (Phi) is 7.89. The first kappa shape index (κ1) is 21.2. The predicted octanol–water partition coefficient (Wildman–Crippen LogP) is 1.59. The fourth-order valence-corrected chi connectivity index (χ4v) is 4.41. The van der Waals surface area contributed by atoms with Gasteiger partial charge in [0.1, 0.15) is 0 Å². The standard InChI is InChI=1S/C20H38N4O2/c1-4-20(5-2,15-21)19(26)24-11-9-23(10-12-24)14-18(25)22-17-8-6-7-16(3)13-17/h16-17H,4-15,21H2,1-3H3,(H,22,25). The van der Waals surface area contributed by atoms with Crippen LogP contribution >= 0.6 is 0 Å². The molecule has 2 atom stereocenters. The van der Waals surface area contributed by atoms with Crippen LogP contribution in [0.1, 0.15) is 59.3 Å². The molecule has 1 aliphatic heterocycles. The fraction of sp³-hybridized carbons (Fsp3) is 0.900. The van der Waals surface area contributed by atoms with E-state index >= 15 is 0 Å². The molecule has 0 radical (unpaired) electrons. The summed E-state index contributed by atoms with van der Waals surface area (Å²) < 4.78 is 0. The highest BCUT2D eigenvalue weighted by molar-refractivity contribution is 5.83. The van der Waals surface area contributed by atoms with Gasteiger partial charge in [0.2, 0.25) is 11.8 Å². The summed E-state index contributed by atoms with van der Waals surface area (Å²) >= 11 is 0. The summed E-state index contributed by atoms with van der Waals surface area (Å²) in [5, 5.41) is 3.20. The van der Waals surface area contributed by atoms with Crippen molar-refractivity contribution < 1.29 is 9.59 Å². The van der Waals surface area contributed by atoms with Crippen molar-refractivity contribution in [1.82, 2.24) is 15.1 Å². The van der Waals surface area contributed by atoms with Crippen molar-refractivity contribution in [1.29, 1.82) is 0 Å². The molecule has 2 rings (SSSR count). The van der Waals surface area contributed by atoms with Crippen molar-refractivity contribution in [3.63, 3.8) is 0 Å². The number of nitrogens with one attached hydrogen (secondary N) is 1. The summed E-state index contributed by atoms with van der Waals surface area (Å²) in [6.07, 6.45) is 6.26. The lowest BCUT2D eigenvalue weighted by molar-refractivity contribution is -0.144. The van der Waals surface area contributed by atoms with E-state index in [1.165, 1.54) is 12.8 Å². The Morgan fingerprint density at radius 3 is 2.31 bits per heavy atom. The number of piperazine rings is 1. The van der Waals surface area contributed by atoms with E-state index in [2.05, 4.69) is 17.1 Å². The molecule has 0 aromatic rings. The topological polar surface area (TPSA) is 78.7 Å². The van der Waals surface area contributed by atoms with Crippen LogP contribution in [0.2, 0.25) is 0 Å². The number of nitrogens with two attached hydrogens (primary N) is 1. The molecule has 6 heteroatoms. The van der Waals surface area contributed by atoms with Gasteiger partial charge in [0.05, 0.1) is 12.0 Å². The summed E-state index contributed by atoms with van der Waals surface area (Å²) in [5.74, 6) is 1.02. The van der Waals surface area contributed by atoms with Crippen LogP contribution in [0.4, 0.5) is 0 Å². The van der Waals surface area contributed by atoms with Crippen molar-refractivity contribution in [2.75, 3.05) is 39.3 Å². The predicted molar refractivity (Wildman–Crippen MR) is 105 cm³/mol. The third-order valence-corrected chi connectivity index (χ3v) is 6.53. The SMILES string of the molecule is CCC(CC)(CN)C(=O)N1CCN(CC(=O)NC2CCCC(C)C2)CC1. The molecule has 2 unspecified atom stereocenters. The molecule has 2 aliphatic rings. The highest BCUT2D eigenvalue weighted by Gasteiger charge is 2.38. The van der Waals surface area contributed by atoms with Crippen LogP contribution in [0.5, 0.6) is 0 Å². The Morgan fingerprint density at radius 2 is 1.77 bits per heavy atom. The minimum absolute atomic E-state index is 0.127. The monoisotopic (exact) mass is 366 g/mol.